The molecule has 1 aliphatic rings. The summed E-state index contributed by atoms with van der Waals surface area (Å²) in [5.41, 5.74) is 5.48. The van der Waals surface area contributed by atoms with Crippen LogP contribution in [0, 0.1) is 13.8 Å². The Morgan fingerprint density at radius 2 is 1.62 bits per heavy atom. The van der Waals surface area contributed by atoms with Gasteiger partial charge in [-0.3, -0.25) is 0 Å². The molecule has 2 nitrogen and oxygen atoms in total. The maximum absolute atomic E-state index is 7.49. The number of ether oxygens (including phenoxy) is 1. The maximum Gasteiger partial charge on any atom is 0.250 e. The predicted molar refractivity (Wildman–Crippen MR) is 166 cm³/mol. The van der Waals surface area contributed by atoms with Gasteiger partial charge < -0.3 is 9.16 Å². The first kappa shape index (κ1) is 23.2. The van der Waals surface area contributed by atoms with Crippen molar-refractivity contribution in [1.29, 1.82) is 0 Å². The van der Waals surface area contributed by atoms with E-state index < -0.39 is 27.6 Å². The number of rotatable bonds is 11. The zero-order valence-corrected chi connectivity index (χ0v) is 26.3. The summed E-state index contributed by atoms with van der Waals surface area (Å²) < 4.78 is 58.4. The minimum Gasteiger partial charge on any atom is -0.543 e. The molecule has 1 aromatic carbocycles. The number of fused-ring (bicyclic) bond motifs is 1. The number of hydrogen-bond donors (Lipinski definition) is 0. The van der Waals surface area contributed by atoms with Crippen molar-refractivity contribution in [3.05, 3.63) is 57.7 Å². The predicted octanol–water partition coefficient (Wildman–Crippen LogP) is 11.0. The fourth-order valence-electron chi connectivity index (χ4n) is 4.48. The van der Waals surface area contributed by atoms with Crippen molar-refractivity contribution in [1.82, 2.24) is 0 Å². The third-order valence-electron chi connectivity index (χ3n) is 8.40. The van der Waals surface area contributed by atoms with E-state index in [1.165, 1.54) is 28.3 Å². The highest BCUT2D eigenvalue weighted by Crippen LogP contribution is 2.44. The zero-order chi connectivity index (χ0) is 33.0. The fraction of sp³-hybridized carbons (Fsp3) is 0.647. The Hall–Kier alpha value is -1.74. The van der Waals surface area contributed by atoms with Gasteiger partial charge in [-0.2, -0.15) is 0 Å². The van der Waals surface area contributed by atoms with E-state index in [-0.39, 0.29) is 10.6 Å². The van der Waals surface area contributed by atoms with Crippen LogP contribution in [0.3, 0.4) is 0 Å². The van der Waals surface area contributed by atoms with Gasteiger partial charge in [-0.1, -0.05) is 55.7 Å². The fourth-order valence-corrected chi connectivity index (χ4v) is 5.55. The molecule has 0 aromatic heterocycles. The van der Waals surface area contributed by atoms with Gasteiger partial charge in [0.1, 0.15) is 17.1 Å². The van der Waals surface area contributed by atoms with E-state index in [0.29, 0.717) is 12.8 Å². The normalized spacial score (nSPS) is 21.9. The molecule has 1 heterocycles. The molecule has 0 saturated carbocycles. The molecule has 0 spiro atoms. The van der Waals surface area contributed by atoms with Gasteiger partial charge in [-0.15, -0.1) is 0 Å². The first-order chi connectivity index (χ1) is 19.5. The van der Waals surface area contributed by atoms with Crippen LogP contribution < -0.4 is 9.16 Å². The SMILES string of the molecule is [2H]C([2H])([2H])C(=CCC/C(C)=C/CC/C(C)=C/CC[C@]1(C)CCc2cc(O[Si](C)(C)C(C)(C)C)c(C)c(C)c2O1)C([2H])([2H])[2H]. The Bertz CT molecular complexity index is 1200. The summed E-state index contributed by atoms with van der Waals surface area (Å²) in [6, 6.07) is 2.23. The lowest BCUT2D eigenvalue weighted by Crippen LogP contribution is -2.44. The molecular weight excluding hydrogens is 468 g/mol. The van der Waals surface area contributed by atoms with Crippen molar-refractivity contribution in [2.75, 3.05) is 0 Å². The van der Waals surface area contributed by atoms with Crippen molar-refractivity contribution >= 4 is 8.32 Å². The van der Waals surface area contributed by atoms with E-state index in [1.807, 2.05) is 6.92 Å². The summed E-state index contributed by atoms with van der Waals surface area (Å²) in [5.74, 6) is 2.06. The minimum absolute atomic E-state index is 0.146. The van der Waals surface area contributed by atoms with Crippen molar-refractivity contribution in [3.63, 3.8) is 0 Å². The van der Waals surface area contributed by atoms with Gasteiger partial charge in [0.25, 0.3) is 0 Å². The summed E-state index contributed by atoms with van der Waals surface area (Å²) in [6.07, 6.45) is 12.7. The molecule has 208 valence electrons. The van der Waals surface area contributed by atoms with Crippen LogP contribution in [0.1, 0.15) is 125 Å². The van der Waals surface area contributed by atoms with E-state index in [9.17, 15) is 0 Å². The van der Waals surface area contributed by atoms with Crippen LogP contribution in [0.2, 0.25) is 18.1 Å². The van der Waals surface area contributed by atoms with Gasteiger partial charge in [-0.25, -0.2) is 0 Å². The van der Waals surface area contributed by atoms with E-state index in [1.54, 1.807) is 0 Å². The summed E-state index contributed by atoms with van der Waals surface area (Å²) in [4.78, 5) is 0. The van der Waals surface area contributed by atoms with Crippen LogP contribution in [0.15, 0.2) is 41.0 Å². The first-order valence-electron chi connectivity index (χ1n) is 17.0. The second-order valence-electron chi connectivity index (χ2n) is 12.9. The molecular formula is C34H56O2Si. The number of allylic oxidation sites excluding steroid dienone is 6. The van der Waals surface area contributed by atoms with Crippen LogP contribution in [-0.4, -0.2) is 13.9 Å². The van der Waals surface area contributed by atoms with Crippen LogP contribution in [-0.2, 0) is 6.42 Å². The molecule has 0 fully saturated rings. The van der Waals surface area contributed by atoms with Gasteiger partial charge in [0, 0.05) is 8.22 Å². The van der Waals surface area contributed by atoms with Crippen LogP contribution in [0.5, 0.6) is 11.5 Å². The Morgan fingerprint density at radius 3 is 2.22 bits per heavy atom. The lowest BCUT2D eigenvalue weighted by atomic mass is 9.87. The molecule has 37 heavy (non-hydrogen) atoms. The smallest absolute Gasteiger partial charge is 0.250 e. The molecule has 0 saturated heterocycles. The van der Waals surface area contributed by atoms with Crippen molar-refractivity contribution in [2.45, 2.75) is 144 Å². The lowest BCUT2D eigenvalue weighted by molar-refractivity contribution is 0.0561. The maximum atomic E-state index is 7.49. The van der Waals surface area contributed by atoms with Crippen LogP contribution in [0.25, 0.3) is 0 Å². The molecule has 3 heteroatoms. The van der Waals surface area contributed by atoms with Gasteiger partial charge in [0.2, 0.25) is 8.32 Å². The van der Waals surface area contributed by atoms with E-state index in [0.717, 1.165) is 55.6 Å². The molecule has 2 rings (SSSR count). The lowest BCUT2D eigenvalue weighted by Gasteiger charge is -2.39. The monoisotopic (exact) mass is 530 g/mol. The molecule has 0 radical (unpaired) electrons. The Kier molecular flexibility index (Phi) is 8.06. The average Bonchev–Trinajstić information content (AvgIpc) is 2.83. The average molecular weight is 531 g/mol. The first-order valence-corrected chi connectivity index (χ1v) is 16.9. The Labute approximate surface area is 239 Å². The molecule has 0 N–H and O–H groups in total. The number of hydrogen-bond acceptors (Lipinski definition) is 2. The topological polar surface area (TPSA) is 18.5 Å². The minimum atomic E-state index is -2.59. The third kappa shape index (κ3) is 9.20. The standard InChI is InChI=1S/C34H56O2Si/c1-25(2)16-13-17-26(3)18-14-19-27(4)20-15-22-34(10)23-21-30-24-31(28(5)29(6)32(30)35-34)36-37(11,12)33(7,8)9/h16,18,20,24H,13-15,17,19,21-23H2,1-12H3/b26-18+,27-20+/t34-/m1/s1/i1D3,2D3. The Balaban J connectivity index is 1.94. The Morgan fingerprint density at radius 1 is 1.03 bits per heavy atom. The summed E-state index contributed by atoms with van der Waals surface area (Å²) >= 11 is 0. The highest BCUT2D eigenvalue weighted by atomic mass is 28.4. The second-order valence-corrected chi connectivity index (χ2v) is 17.6. The summed E-state index contributed by atoms with van der Waals surface area (Å²) in [5, 5.41) is 0.146. The van der Waals surface area contributed by atoms with E-state index >= 15 is 0 Å². The van der Waals surface area contributed by atoms with Gasteiger partial charge in [-0.05, 0) is 141 Å². The third-order valence-corrected chi connectivity index (χ3v) is 12.7. The van der Waals surface area contributed by atoms with Gasteiger partial charge in [0.15, 0.2) is 0 Å². The second kappa shape index (κ2) is 12.9. The highest BCUT2D eigenvalue weighted by Gasteiger charge is 2.40. The molecule has 0 bridgehead atoms. The van der Waals surface area contributed by atoms with Crippen molar-refractivity contribution < 1.29 is 17.4 Å². The zero-order valence-electron chi connectivity index (χ0n) is 31.3. The summed E-state index contributed by atoms with van der Waals surface area (Å²) in [6.45, 7) is 17.0. The molecule has 1 aromatic rings. The number of benzene rings is 1. The molecule has 1 atom stereocenters. The van der Waals surface area contributed by atoms with Crippen LogP contribution in [0.4, 0.5) is 0 Å². The largest absolute Gasteiger partial charge is 0.543 e. The van der Waals surface area contributed by atoms with E-state index in [4.69, 9.17) is 17.4 Å². The van der Waals surface area contributed by atoms with Gasteiger partial charge >= 0.3 is 0 Å². The highest BCUT2D eigenvalue weighted by molar-refractivity contribution is 6.74. The van der Waals surface area contributed by atoms with Crippen LogP contribution >= 0.6 is 0 Å². The van der Waals surface area contributed by atoms with Crippen molar-refractivity contribution in [3.8, 4) is 11.5 Å². The molecule has 0 unspecified atom stereocenters. The molecule has 1 aliphatic heterocycles. The summed E-state index contributed by atoms with van der Waals surface area (Å²) in [7, 11) is -1.93. The molecule has 0 aliphatic carbocycles. The molecule has 0 amide bonds. The quantitative estimate of drug-likeness (QED) is 0.209. The number of aryl methyl sites for hydroxylation is 1. The van der Waals surface area contributed by atoms with E-state index in [2.05, 4.69) is 79.8 Å². The van der Waals surface area contributed by atoms with Gasteiger partial charge in [0.05, 0.1) is 0 Å². The van der Waals surface area contributed by atoms with Crippen molar-refractivity contribution in [2.24, 2.45) is 0 Å².